The van der Waals surface area contributed by atoms with E-state index in [0.29, 0.717) is 24.9 Å². The molecule has 160 valence electrons. The van der Waals surface area contributed by atoms with Crippen molar-refractivity contribution in [1.82, 2.24) is 20.8 Å². The Bertz CT molecular complexity index is 1120. The largest absolute Gasteiger partial charge is 0.444 e. The van der Waals surface area contributed by atoms with E-state index >= 15 is 0 Å². The summed E-state index contributed by atoms with van der Waals surface area (Å²) in [6.45, 7) is 3.03. The molecule has 2 aromatic heterocycles. The SMILES string of the molecule is CN=C(NCc1cc(-c2ccccc2)on1)NCc1coc(-c2ccc(C)cc2)n1.I. The van der Waals surface area contributed by atoms with E-state index in [9.17, 15) is 0 Å². The summed E-state index contributed by atoms with van der Waals surface area (Å²) in [5.41, 5.74) is 4.73. The van der Waals surface area contributed by atoms with E-state index < -0.39 is 0 Å². The van der Waals surface area contributed by atoms with E-state index in [4.69, 9.17) is 8.94 Å². The Morgan fingerprint density at radius 3 is 2.35 bits per heavy atom. The molecule has 0 unspecified atom stereocenters. The molecule has 4 rings (SSSR count). The molecule has 0 aliphatic carbocycles. The lowest BCUT2D eigenvalue weighted by Gasteiger charge is -2.09. The Morgan fingerprint density at radius 1 is 0.935 bits per heavy atom. The van der Waals surface area contributed by atoms with Gasteiger partial charge in [-0.3, -0.25) is 4.99 Å². The summed E-state index contributed by atoms with van der Waals surface area (Å²) in [6.07, 6.45) is 1.65. The number of hydrogen-bond acceptors (Lipinski definition) is 5. The van der Waals surface area contributed by atoms with Gasteiger partial charge in [-0.2, -0.15) is 0 Å². The first kappa shape index (κ1) is 22.5. The van der Waals surface area contributed by atoms with Gasteiger partial charge in [0.05, 0.1) is 18.8 Å². The van der Waals surface area contributed by atoms with Crippen LogP contribution in [0, 0.1) is 6.92 Å². The van der Waals surface area contributed by atoms with Gasteiger partial charge in [-0.05, 0) is 19.1 Å². The van der Waals surface area contributed by atoms with Crippen molar-refractivity contribution in [3.63, 3.8) is 0 Å². The molecule has 31 heavy (non-hydrogen) atoms. The monoisotopic (exact) mass is 529 g/mol. The fourth-order valence-electron chi connectivity index (χ4n) is 2.92. The number of aromatic nitrogens is 2. The molecule has 0 amide bonds. The quantitative estimate of drug-likeness (QED) is 0.212. The third kappa shape index (κ3) is 5.94. The first-order valence-electron chi connectivity index (χ1n) is 9.68. The van der Waals surface area contributed by atoms with Crippen LogP contribution in [0.3, 0.4) is 0 Å². The summed E-state index contributed by atoms with van der Waals surface area (Å²) < 4.78 is 11.0. The van der Waals surface area contributed by atoms with Crippen molar-refractivity contribution >= 4 is 29.9 Å². The summed E-state index contributed by atoms with van der Waals surface area (Å²) >= 11 is 0. The zero-order valence-electron chi connectivity index (χ0n) is 17.3. The molecule has 2 aromatic carbocycles. The van der Waals surface area contributed by atoms with Gasteiger partial charge in [0.15, 0.2) is 11.7 Å². The summed E-state index contributed by atoms with van der Waals surface area (Å²) in [5, 5.41) is 10.6. The highest BCUT2D eigenvalue weighted by molar-refractivity contribution is 14.0. The van der Waals surface area contributed by atoms with Crippen LogP contribution in [-0.2, 0) is 13.1 Å². The van der Waals surface area contributed by atoms with E-state index in [-0.39, 0.29) is 24.0 Å². The molecule has 0 bridgehead atoms. The maximum absolute atomic E-state index is 5.60. The lowest BCUT2D eigenvalue weighted by molar-refractivity contribution is 0.422. The summed E-state index contributed by atoms with van der Waals surface area (Å²) in [4.78, 5) is 8.77. The van der Waals surface area contributed by atoms with Crippen molar-refractivity contribution in [2.75, 3.05) is 7.05 Å². The fourth-order valence-corrected chi connectivity index (χ4v) is 2.92. The third-order valence-electron chi connectivity index (χ3n) is 4.57. The second kappa shape index (κ2) is 10.8. The molecule has 8 heteroatoms. The van der Waals surface area contributed by atoms with Crippen LogP contribution in [0.15, 0.2) is 80.9 Å². The van der Waals surface area contributed by atoms with E-state index in [1.54, 1.807) is 13.3 Å². The zero-order chi connectivity index (χ0) is 20.8. The third-order valence-corrected chi connectivity index (χ3v) is 4.57. The van der Waals surface area contributed by atoms with Crippen LogP contribution in [0.2, 0.25) is 0 Å². The van der Waals surface area contributed by atoms with Crippen molar-refractivity contribution in [3.05, 3.63) is 83.9 Å². The molecular formula is C23H24IN5O2. The topological polar surface area (TPSA) is 88.5 Å². The molecule has 0 fully saturated rings. The molecule has 0 radical (unpaired) electrons. The maximum atomic E-state index is 5.60. The van der Waals surface area contributed by atoms with Crippen molar-refractivity contribution in [1.29, 1.82) is 0 Å². The van der Waals surface area contributed by atoms with Gasteiger partial charge in [0.2, 0.25) is 5.89 Å². The Kier molecular flexibility index (Phi) is 7.82. The number of nitrogens with zero attached hydrogens (tertiary/aromatic N) is 3. The highest BCUT2D eigenvalue weighted by Crippen LogP contribution is 2.20. The Labute approximate surface area is 198 Å². The van der Waals surface area contributed by atoms with Gasteiger partial charge in [-0.25, -0.2) is 4.98 Å². The van der Waals surface area contributed by atoms with Crippen LogP contribution in [0.1, 0.15) is 17.0 Å². The Morgan fingerprint density at radius 2 is 1.65 bits per heavy atom. The number of halogens is 1. The van der Waals surface area contributed by atoms with Gasteiger partial charge in [0.1, 0.15) is 12.0 Å². The first-order chi connectivity index (χ1) is 14.7. The highest BCUT2D eigenvalue weighted by atomic mass is 127. The molecular weight excluding hydrogens is 505 g/mol. The molecule has 2 heterocycles. The second-order valence-corrected chi connectivity index (χ2v) is 6.84. The number of rotatable bonds is 6. The van der Waals surface area contributed by atoms with Crippen molar-refractivity contribution < 1.29 is 8.94 Å². The number of benzene rings is 2. The number of hydrogen-bond donors (Lipinski definition) is 2. The van der Waals surface area contributed by atoms with E-state index in [1.165, 1.54) is 5.56 Å². The van der Waals surface area contributed by atoms with Gasteiger partial charge < -0.3 is 19.6 Å². The zero-order valence-corrected chi connectivity index (χ0v) is 19.7. The van der Waals surface area contributed by atoms with Gasteiger partial charge in [-0.15, -0.1) is 24.0 Å². The van der Waals surface area contributed by atoms with Crippen molar-refractivity contribution in [3.8, 4) is 22.8 Å². The number of aliphatic imine (C=N–C) groups is 1. The summed E-state index contributed by atoms with van der Waals surface area (Å²) in [7, 11) is 1.72. The summed E-state index contributed by atoms with van der Waals surface area (Å²) in [5.74, 6) is 1.98. The van der Waals surface area contributed by atoms with Crippen LogP contribution >= 0.6 is 24.0 Å². The number of aryl methyl sites for hydroxylation is 1. The van der Waals surface area contributed by atoms with Crippen LogP contribution in [0.4, 0.5) is 0 Å². The van der Waals surface area contributed by atoms with Crippen LogP contribution < -0.4 is 10.6 Å². The van der Waals surface area contributed by atoms with Gasteiger partial charge in [0.25, 0.3) is 0 Å². The van der Waals surface area contributed by atoms with E-state index in [0.717, 1.165) is 28.3 Å². The standard InChI is InChI=1S/C23H23N5O2.HI/c1-16-8-10-18(11-9-16)22-27-20(15-29-22)14-26-23(24-2)25-13-19-12-21(30-28-19)17-6-4-3-5-7-17;/h3-12,15H,13-14H2,1-2H3,(H2,24,25,26);1H. The average molecular weight is 529 g/mol. The van der Waals surface area contributed by atoms with E-state index in [1.807, 2.05) is 60.7 Å². The minimum atomic E-state index is 0. The predicted molar refractivity (Wildman–Crippen MR) is 131 cm³/mol. The second-order valence-electron chi connectivity index (χ2n) is 6.84. The minimum absolute atomic E-state index is 0. The van der Waals surface area contributed by atoms with Crippen molar-refractivity contribution in [2.24, 2.45) is 4.99 Å². The van der Waals surface area contributed by atoms with Gasteiger partial charge in [-0.1, -0.05) is 53.2 Å². The lowest BCUT2D eigenvalue weighted by Crippen LogP contribution is -2.36. The molecule has 0 saturated heterocycles. The molecule has 2 N–H and O–H groups in total. The smallest absolute Gasteiger partial charge is 0.226 e. The lowest BCUT2D eigenvalue weighted by atomic mass is 10.1. The fraction of sp³-hybridized carbons (Fsp3) is 0.174. The molecule has 0 saturated carbocycles. The Balaban J connectivity index is 0.00000272. The number of nitrogens with one attached hydrogen (secondary N) is 2. The molecule has 7 nitrogen and oxygen atoms in total. The first-order valence-corrected chi connectivity index (χ1v) is 9.68. The Hall–Kier alpha value is -3.14. The summed E-state index contributed by atoms with van der Waals surface area (Å²) in [6, 6.07) is 19.9. The molecule has 0 aliphatic rings. The van der Waals surface area contributed by atoms with Gasteiger partial charge in [0, 0.05) is 24.2 Å². The molecule has 0 aliphatic heterocycles. The molecule has 0 atom stereocenters. The average Bonchev–Trinajstić information content (AvgIpc) is 3.45. The van der Waals surface area contributed by atoms with Crippen molar-refractivity contribution in [2.45, 2.75) is 20.0 Å². The molecule has 4 aromatic rings. The minimum Gasteiger partial charge on any atom is -0.444 e. The molecule has 0 spiro atoms. The maximum Gasteiger partial charge on any atom is 0.226 e. The van der Waals surface area contributed by atoms with Gasteiger partial charge >= 0.3 is 0 Å². The normalized spacial score (nSPS) is 11.1. The van der Waals surface area contributed by atoms with E-state index in [2.05, 4.69) is 32.7 Å². The number of oxazole rings is 1. The highest BCUT2D eigenvalue weighted by Gasteiger charge is 2.09. The van der Waals surface area contributed by atoms with Crippen LogP contribution in [0.5, 0.6) is 0 Å². The predicted octanol–water partition coefficient (Wildman–Crippen LogP) is 4.79. The number of guanidine groups is 1. The van der Waals surface area contributed by atoms with Crippen LogP contribution in [-0.4, -0.2) is 23.1 Å². The van der Waals surface area contributed by atoms with Crippen LogP contribution in [0.25, 0.3) is 22.8 Å².